The summed E-state index contributed by atoms with van der Waals surface area (Å²) < 4.78 is 10.5. The molecule has 122 valence electrons. The minimum atomic E-state index is -0.00400. The van der Waals surface area contributed by atoms with Crippen molar-refractivity contribution in [1.82, 2.24) is 4.90 Å². The zero-order valence-electron chi connectivity index (χ0n) is 13.6. The highest BCUT2D eigenvalue weighted by Gasteiger charge is 2.11. The van der Waals surface area contributed by atoms with Crippen molar-refractivity contribution in [3.63, 3.8) is 0 Å². The van der Waals surface area contributed by atoms with Gasteiger partial charge in [-0.3, -0.25) is 4.79 Å². The SMILES string of the molecule is CCN(Cc1ccc(OC)c(OC)c1)C(=O)/C=C\c1cccs1. The van der Waals surface area contributed by atoms with Gasteiger partial charge in [0.25, 0.3) is 0 Å². The minimum absolute atomic E-state index is 0.00400. The summed E-state index contributed by atoms with van der Waals surface area (Å²) in [5, 5.41) is 1.99. The van der Waals surface area contributed by atoms with Crippen LogP contribution in [0.2, 0.25) is 0 Å². The number of nitrogens with zero attached hydrogens (tertiary/aromatic N) is 1. The molecule has 0 radical (unpaired) electrons. The van der Waals surface area contributed by atoms with Crippen LogP contribution in [0, 0.1) is 0 Å². The number of likely N-dealkylation sites (N-methyl/N-ethyl adjacent to an activating group) is 1. The van der Waals surface area contributed by atoms with Gasteiger partial charge in [0, 0.05) is 24.0 Å². The first-order chi connectivity index (χ1) is 11.2. The topological polar surface area (TPSA) is 38.8 Å². The molecular weight excluding hydrogens is 310 g/mol. The average molecular weight is 331 g/mol. The predicted molar refractivity (Wildman–Crippen MR) is 94.0 cm³/mol. The van der Waals surface area contributed by atoms with E-state index >= 15 is 0 Å². The zero-order chi connectivity index (χ0) is 16.7. The van der Waals surface area contributed by atoms with Gasteiger partial charge < -0.3 is 14.4 Å². The van der Waals surface area contributed by atoms with E-state index in [1.165, 1.54) is 0 Å². The third-order valence-electron chi connectivity index (χ3n) is 3.45. The van der Waals surface area contributed by atoms with Gasteiger partial charge in [-0.05, 0) is 42.1 Å². The van der Waals surface area contributed by atoms with Gasteiger partial charge in [0.05, 0.1) is 14.2 Å². The summed E-state index contributed by atoms with van der Waals surface area (Å²) in [7, 11) is 3.21. The summed E-state index contributed by atoms with van der Waals surface area (Å²) in [6, 6.07) is 9.65. The molecule has 0 saturated heterocycles. The molecular formula is C18H21NO3S. The Bertz CT molecular complexity index is 665. The molecule has 2 rings (SSSR count). The van der Waals surface area contributed by atoms with Crippen LogP contribution in [-0.4, -0.2) is 31.6 Å². The van der Waals surface area contributed by atoms with Gasteiger partial charge >= 0.3 is 0 Å². The molecule has 4 nitrogen and oxygen atoms in total. The number of benzene rings is 1. The number of methoxy groups -OCH3 is 2. The largest absolute Gasteiger partial charge is 0.493 e. The van der Waals surface area contributed by atoms with E-state index in [9.17, 15) is 4.79 Å². The lowest BCUT2D eigenvalue weighted by atomic mass is 10.2. The molecule has 0 aliphatic heterocycles. The van der Waals surface area contributed by atoms with E-state index < -0.39 is 0 Å². The fraction of sp³-hybridized carbons (Fsp3) is 0.278. The van der Waals surface area contributed by atoms with Crippen molar-refractivity contribution < 1.29 is 14.3 Å². The van der Waals surface area contributed by atoms with Crippen LogP contribution in [0.4, 0.5) is 0 Å². The number of hydrogen-bond donors (Lipinski definition) is 0. The van der Waals surface area contributed by atoms with Gasteiger partial charge in [-0.15, -0.1) is 11.3 Å². The minimum Gasteiger partial charge on any atom is -0.493 e. The lowest BCUT2D eigenvalue weighted by molar-refractivity contribution is -0.126. The molecule has 23 heavy (non-hydrogen) atoms. The van der Waals surface area contributed by atoms with Crippen molar-refractivity contribution in [3.8, 4) is 11.5 Å². The van der Waals surface area contributed by atoms with Crippen molar-refractivity contribution in [1.29, 1.82) is 0 Å². The third-order valence-corrected chi connectivity index (χ3v) is 4.29. The Morgan fingerprint density at radius 2 is 2.00 bits per heavy atom. The quantitative estimate of drug-likeness (QED) is 0.724. The maximum Gasteiger partial charge on any atom is 0.246 e. The van der Waals surface area contributed by atoms with Gasteiger partial charge in [0.2, 0.25) is 5.91 Å². The lowest BCUT2D eigenvalue weighted by Gasteiger charge is -2.20. The number of amides is 1. The van der Waals surface area contributed by atoms with Crippen molar-refractivity contribution in [2.75, 3.05) is 20.8 Å². The predicted octanol–water partition coefficient (Wildman–Crippen LogP) is 3.83. The van der Waals surface area contributed by atoms with Crippen molar-refractivity contribution in [3.05, 3.63) is 52.2 Å². The smallest absolute Gasteiger partial charge is 0.246 e. The molecule has 1 aromatic carbocycles. The highest BCUT2D eigenvalue weighted by atomic mass is 32.1. The summed E-state index contributed by atoms with van der Waals surface area (Å²) in [4.78, 5) is 15.2. The number of carbonyl (C=O) groups excluding carboxylic acids is 1. The van der Waals surface area contributed by atoms with Crippen LogP contribution in [0.5, 0.6) is 11.5 Å². The molecule has 0 atom stereocenters. The highest BCUT2D eigenvalue weighted by molar-refractivity contribution is 7.10. The van der Waals surface area contributed by atoms with Gasteiger partial charge in [-0.1, -0.05) is 12.1 Å². The molecule has 0 fully saturated rings. The summed E-state index contributed by atoms with van der Waals surface area (Å²) in [5.41, 5.74) is 1.00. The molecule has 5 heteroatoms. The Hall–Kier alpha value is -2.27. The Labute approximate surface area is 141 Å². The van der Waals surface area contributed by atoms with Crippen LogP contribution in [0.3, 0.4) is 0 Å². The van der Waals surface area contributed by atoms with Crippen LogP contribution in [0.15, 0.2) is 41.8 Å². The van der Waals surface area contributed by atoms with Gasteiger partial charge in [-0.25, -0.2) is 0 Å². The molecule has 1 heterocycles. The van der Waals surface area contributed by atoms with Crippen LogP contribution in [0.1, 0.15) is 17.4 Å². The first-order valence-corrected chi connectivity index (χ1v) is 8.27. The van der Waals surface area contributed by atoms with E-state index in [1.54, 1.807) is 36.5 Å². The van der Waals surface area contributed by atoms with Crippen LogP contribution >= 0.6 is 11.3 Å². The van der Waals surface area contributed by atoms with E-state index in [0.717, 1.165) is 10.4 Å². The van der Waals surface area contributed by atoms with Crippen molar-refractivity contribution in [2.45, 2.75) is 13.5 Å². The summed E-state index contributed by atoms with van der Waals surface area (Å²) in [6.07, 6.45) is 3.47. The van der Waals surface area contributed by atoms with Crippen LogP contribution in [-0.2, 0) is 11.3 Å². The first kappa shape index (κ1) is 17.1. The fourth-order valence-electron chi connectivity index (χ4n) is 2.19. The fourth-order valence-corrected chi connectivity index (χ4v) is 2.81. The number of ether oxygens (including phenoxy) is 2. The normalized spacial score (nSPS) is 10.7. The maximum absolute atomic E-state index is 12.3. The zero-order valence-corrected chi connectivity index (χ0v) is 14.4. The molecule has 0 saturated carbocycles. The van der Waals surface area contributed by atoms with Crippen LogP contribution < -0.4 is 9.47 Å². The number of rotatable bonds is 7. The molecule has 0 unspecified atom stereocenters. The monoisotopic (exact) mass is 331 g/mol. The molecule has 0 bridgehead atoms. The number of hydrogen-bond acceptors (Lipinski definition) is 4. The number of thiophene rings is 1. The average Bonchev–Trinajstić information content (AvgIpc) is 3.10. The van der Waals surface area contributed by atoms with Crippen molar-refractivity contribution >= 4 is 23.3 Å². The highest BCUT2D eigenvalue weighted by Crippen LogP contribution is 2.28. The second-order valence-electron chi connectivity index (χ2n) is 4.89. The van der Waals surface area contributed by atoms with Gasteiger partial charge in [0.15, 0.2) is 11.5 Å². The Morgan fingerprint density at radius 3 is 2.61 bits per heavy atom. The molecule has 0 aliphatic rings. The van der Waals surface area contributed by atoms with Crippen molar-refractivity contribution in [2.24, 2.45) is 0 Å². The third kappa shape index (κ3) is 4.60. The Morgan fingerprint density at radius 1 is 1.22 bits per heavy atom. The molecule has 0 N–H and O–H groups in total. The Balaban J connectivity index is 2.08. The molecule has 1 aromatic heterocycles. The summed E-state index contributed by atoms with van der Waals surface area (Å²) in [5.74, 6) is 1.35. The van der Waals surface area contributed by atoms with Gasteiger partial charge in [0.1, 0.15) is 0 Å². The van der Waals surface area contributed by atoms with E-state index in [1.807, 2.05) is 48.7 Å². The van der Waals surface area contributed by atoms with E-state index in [0.29, 0.717) is 24.6 Å². The van der Waals surface area contributed by atoms with E-state index in [4.69, 9.17) is 9.47 Å². The Kier molecular flexibility index (Phi) is 6.23. The molecule has 2 aromatic rings. The second kappa shape index (κ2) is 8.39. The second-order valence-corrected chi connectivity index (χ2v) is 5.87. The first-order valence-electron chi connectivity index (χ1n) is 7.39. The van der Waals surface area contributed by atoms with Gasteiger partial charge in [-0.2, -0.15) is 0 Å². The lowest BCUT2D eigenvalue weighted by Crippen LogP contribution is -2.28. The van der Waals surface area contributed by atoms with Crippen LogP contribution in [0.25, 0.3) is 6.08 Å². The molecule has 1 amide bonds. The summed E-state index contributed by atoms with van der Waals surface area (Å²) >= 11 is 1.61. The number of carbonyl (C=O) groups is 1. The summed E-state index contributed by atoms with van der Waals surface area (Å²) in [6.45, 7) is 3.14. The standard InChI is InChI=1S/C18H21NO3S/c1-4-19(18(20)10-8-15-6-5-11-23-15)13-14-7-9-16(21-2)17(12-14)22-3/h5-12H,4,13H2,1-3H3/b10-8-. The van der Waals surface area contributed by atoms with E-state index in [2.05, 4.69) is 0 Å². The van der Waals surface area contributed by atoms with E-state index in [-0.39, 0.29) is 5.91 Å². The maximum atomic E-state index is 12.3. The molecule has 0 aliphatic carbocycles. The molecule has 0 spiro atoms.